The standard InChI is InChI=1S/C20H37NO3/c1-2-3-4-5-6-9-12-16-17(19(23)15-18(16)22)13-10-7-8-11-14-20(21)24/h9,12,16-19,22-23H,2-8,10-11,13-15H2,1H3,(H2,21,24). The molecule has 0 aliphatic heterocycles. The molecule has 0 heterocycles. The molecule has 0 aromatic carbocycles. The third-order valence-corrected chi connectivity index (χ3v) is 5.21. The monoisotopic (exact) mass is 339 g/mol. The Hall–Kier alpha value is -0.870. The number of allylic oxidation sites excluding steroid dienone is 1. The van der Waals surface area contributed by atoms with Gasteiger partial charge in [0.1, 0.15) is 0 Å². The fourth-order valence-electron chi connectivity index (χ4n) is 3.75. The van der Waals surface area contributed by atoms with Crippen molar-refractivity contribution in [3.05, 3.63) is 12.2 Å². The van der Waals surface area contributed by atoms with Gasteiger partial charge in [-0.1, -0.05) is 57.6 Å². The average Bonchev–Trinajstić information content (AvgIpc) is 2.80. The van der Waals surface area contributed by atoms with Crippen LogP contribution < -0.4 is 5.73 Å². The first-order valence-corrected chi connectivity index (χ1v) is 9.87. The number of carbonyl (C=O) groups is 1. The molecule has 4 unspecified atom stereocenters. The molecule has 1 saturated carbocycles. The van der Waals surface area contributed by atoms with E-state index in [1.807, 2.05) is 0 Å². The number of primary amides is 1. The first kappa shape index (κ1) is 21.2. The summed E-state index contributed by atoms with van der Waals surface area (Å²) < 4.78 is 0. The van der Waals surface area contributed by atoms with Crippen LogP contribution in [0.5, 0.6) is 0 Å². The summed E-state index contributed by atoms with van der Waals surface area (Å²) in [5, 5.41) is 20.4. The molecule has 0 radical (unpaired) electrons. The number of carbonyl (C=O) groups excluding carboxylic acids is 1. The van der Waals surface area contributed by atoms with Gasteiger partial charge in [0.05, 0.1) is 12.2 Å². The maximum absolute atomic E-state index is 10.7. The molecule has 1 aliphatic rings. The van der Waals surface area contributed by atoms with Crippen LogP contribution in [0.4, 0.5) is 0 Å². The summed E-state index contributed by atoms with van der Waals surface area (Å²) in [4.78, 5) is 10.7. The molecular formula is C20H37NO3. The molecule has 4 nitrogen and oxygen atoms in total. The number of aliphatic hydroxyl groups excluding tert-OH is 2. The van der Waals surface area contributed by atoms with Gasteiger partial charge in [0.15, 0.2) is 0 Å². The fourth-order valence-corrected chi connectivity index (χ4v) is 3.75. The normalized spacial score (nSPS) is 27.1. The van der Waals surface area contributed by atoms with Crippen LogP contribution in [-0.2, 0) is 4.79 Å². The number of hydrogen-bond acceptors (Lipinski definition) is 3. The quantitative estimate of drug-likeness (QED) is 0.353. The Kier molecular flexibility index (Phi) is 11.0. The molecule has 1 aliphatic carbocycles. The zero-order valence-corrected chi connectivity index (χ0v) is 15.3. The van der Waals surface area contributed by atoms with Crippen LogP contribution in [0.3, 0.4) is 0 Å². The molecule has 0 saturated heterocycles. The summed E-state index contributed by atoms with van der Waals surface area (Å²) in [6, 6.07) is 0. The van der Waals surface area contributed by atoms with Gasteiger partial charge in [-0.15, -0.1) is 0 Å². The van der Waals surface area contributed by atoms with E-state index in [4.69, 9.17) is 5.73 Å². The van der Waals surface area contributed by atoms with Crippen LogP contribution >= 0.6 is 0 Å². The minimum absolute atomic E-state index is 0.0943. The van der Waals surface area contributed by atoms with Crippen molar-refractivity contribution in [3.8, 4) is 0 Å². The van der Waals surface area contributed by atoms with Crippen molar-refractivity contribution in [2.24, 2.45) is 17.6 Å². The van der Waals surface area contributed by atoms with E-state index in [9.17, 15) is 15.0 Å². The Balaban J connectivity index is 2.28. The lowest BCUT2D eigenvalue weighted by Crippen LogP contribution is -2.20. The second-order valence-electron chi connectivity index (χ2n) is 7.31. The third-order valence-electron chi connectivity index (χ3n) is 5.21. The number of rotatable bonds is 13. The molecule has 24 heavy (non-hydrogen) atoms. The van der Waals surface area contributed by atoms with Gasteiger partial charge < -0.3 is 15.9 Å². The van der Waals surface area contributed by atoms with E-state index >= 15 is 0 Å². The second kappa shape index (κ2) is 12.5. The topological polar surface area (TPSA) is 83.6 Å². The van der Waals surface area contributed by atoms with Crippen molar-refractivity contribution in [2.45, 2.75) is 96.2 Å². The molecule has 140 valence electrons. The van der Waals surface area contributed by atoms with E-state index in [2.05, 4.69) is 19.1 Å². The largest absolute Gasteiger partial charge is 0.393 e. The average molecular weight is 340 g/mol. The summed E-state index contributed by atoms with van der Waals surface area (Å²) in [5.41, 5.74) is 5.14. The predicted molar refractivity (Wildman–Crippen MR) is 98.4 cm³/mol. The van der Waals surface area contributed by atoms with E-state index in [-0.39, 0.29) is 23.8 Å². The molecule has 4 heteroatoms. The Bertz CT molecular complexity index is 370. The fraction of sp³-hybridized carbons (Fsp3) is 0.850. The van der Waals surface area contributed by atoms with Crippen LogP contribution in [-0.4, -0.2) is 28.3 Å². The molecule has 1 amide bonds. The maximum Gasteiger partial charge on any atom is 0.217 e. The lowest BCUT2D eigenvalue weighted by atomic mass is 9.88. The Labute approximate surface area is 147 Å². The van der Waals surface area contributed by atoms with Crippen LogP contribution in [0.2, 0.25) is 0 Å². The molecule has 0 aromatic heterocycles. The van der Waals surface area contributed by atoms with E-state index < -0.39 is 6.10 Å². The summed E-state index contributed by atoms with van der Waals surface area (Å²) in [6.45, 7) is 2.21. The van der Waals surface area contributed by atoms with Gasteiger partial charge in [-0.05, 0) is 31.6 Å². The van der Waals surface area contributed by atoms with Gasteiger partial charge in [0.2, 0.25) is 5.91 Å². The van der Waals surface area contributed by atoms with Crippen molar-refractivity contribution in [1.82, 2.24) is 0 Å². The summed E-state index contributed by atoms with van der Waals surface area (Å²) in [5.74, 6) is 0.0355. The maximum atomic E-state index is 10.7. The predicted octanol–water partition coefficient (Wildman–Crippen LogP) is 3.70. The lowest BCUT2D eigenvalue weighted by molar-refractivity contribution is -0.118. The van der Waals surface area contributed by atoms with Gasteiger partial charge >= 0.3 is 0 Å². The summed E-state index contributed by atoms with van der Waals surface area (Å²) >= 11 is 0. The molecule has 4 N–H and O–H groups in total. The minimum atomic E-state index is -0.410. The Morgan fingerprint density at radius 1 is 1.04 bits per heavy atom. The highest BCUT2D eigenvalue weighted by atomic mass is 16.3. The Morgan fingerprint density at radius 2 is 1.75 bits per heavy atom. The van der Waals surface area contributed by atoms with E-state index in [0.717, 1.165) is 38.5 Å². The van der Waals surface area contributed by atoms with Crippen LogP contribution in [0.1, 0.15) is 84.0 Å². The van der Waals surface area contributed by atoms with Crippen LogP contribution in [0.25, 0.3) is 0 Å². The third kappa shape index (κ3) is 8.29. The Morgan fingerprint density at radius 3 is 2.46 bits per heavy atom. The zero-order valence-electron chi connectivity index (χ0n) is 15.3. The lowest BCUT2D eigenvalue weighted by Gasteiger charge is -2.20. The summed E-state index contributed by atoms with van der Waals surface area (Å²) in [7, 11) is 0. The SMILES string of the molecule is CCCCCCC=CC1C(O)CC(O)C1CCCCCCC(N)=O. The molecule has 0 bridgehead atoms. The second-order valence-corrected chi connectivity index (χ2v) is 7.31. The number of amides is 1. The van der Waals surface area contributed by atoms with Gasteiger partial charge in [-0.3, -0.25) is 4.79 Å². The number of unbranched alkanes of at least 4 members (excludes halogenated alkanes) is 7. The first-order valence-electron chi connectivity index (χ1n) is 9.87. The smallest absolute Gasteiger partial charge is 0.217 e. The van der Waals surface area contributed by atoms with Crippen molar-refractivity contribution in [2.75, 3.05) is 0 Å². The van der Waals surface area contributed by atoms with E-state index in [1.165, 1.54) is 25.7 Å². The van der Waals surface area contributed by atoms with Crippen LogP contribution in [0, 0.1) is 11.8 Å². The van der Waals surface area contributed by atoms with Crippen molar-refractivity contribution < 1.29 is 15.0 Å². The highest BCUT2D eigenvalue weighted by Crippen LogP contribution is 2.37. The van der Waals surface area contributed by atoms with Gasteiger partial charge in [-0.25, -0.2) is 0 Å². The van der Waals surface area contributed by atoms with Crippen molar-refractivity contribution in [1.29, 1.82) is 0 Å². The van der Waals surface area contributed by atoms with E-state index in [0.29, 0.717) is 12.8 Å². The molecule has 1 rings (SSSR count). The number of aliphatic hydroxyl groups is 2. The van der Waals surface area contributed by atoms with E-state index in [1.54, 1.807) is 0 Å². The molecule has 0 aromatic rings. The molecule has 1 fully saturated rings. The number of hydrogen-bond donors (Lipinski definition) is 3. The number of nitrogens with two attached hydrogens (primary N) is 1. The summed E-state index contributed by atoms with van der Waals surface area (Å²) in [6.07, 6.45) is 15.5. The van der Waals surface area contributed by atoms with Crippen molar-refractivity contribution in [3.63, 3.8) is 0 Å². The molecular weight excluding hydrogens is 302 g/mol. The van der Waals surface area contributed by atoms with Gasteiger partial charge in [0.25, 0.3) is 0 Å². The molecule has 4 atom stereocenters. The highest BCUT2D eigenvalue weighted by molar-refractivity contribution is 5.73. The zero-order chi connectivity index (χ0) is 17.8. The highest BCUT2D eigenvalue weighted by Gasteiger charge is 2.39. The molecule has 0 spiro atoms. The van der Waals surface area contributed by atoms with Gasteiger partial charge in [-0.2, -0.15) is 0 Å². The minimum Gasteiger partial charge on any atom is -0.393 e. The first-order chi connectivity index (χ1) is 11.6. The van der Waals surface area contributed by atoms with Gasteiger partial charge in [0, 0.05) is 18.8 Å². The van der Waals surface area contributed by atoms with Crippen LogP contribution in [0.15, 0.2) is 12.2 Å². The van der Waals surface area contributed by atoms with Crippen molar-refractivity contribution >= 4 is 5.91 Å².